The molecule has 112 valence electrons. The number of aromatic hydroxyl groups is 1. The third-order valence-corrected chi connectivity index (χ3v) is 4.86. The molecule has 1 aromatic rings. The van der Waals surface area contributed by atoms with Crippen molar-refractivity contribution >= 4 is 11.9 Å². The fourth-order valence-corrected chi connectivity index (χ4v) is 3.74. The molecular weight excluding hydrogens is 270 g/mol. The van der Waals surface area contributed by atoms with Crippen LogP contribution in [0.4, 0.5) is 0 Å². The lowest BCUT2D eigenvalue weighted by atomic mass is 9.94. The lowest BCUT2D eigenvalue weighted by molar-refractivity contribution is -0.142. The second-order valence-corrected chi connectivity index (χ2v) is 6.10. The Bertz CT molecular complexity index is 598. The Morgan fingerprint density at radius 2 is 2.05 bits per heavy atom. The molecule has 3 unspecified atom stereocenters. The number of aryl methyl sites for hydroxylation is 1. The normalized spacial score (nSPS) is 27.7. The van der Waals surface area contributed by atoms with Gasteiger partial charge >= 0.3 is 5.97 Å². The summed E-state index contributed by atoms with van der Waals surface area (Å²) in [5.74, 6) is -0.784. The molecule has 2 aliphatic rings. The molecule has 1 heterocycles. The fourth-order valence-electron chi connectivity index (χ4n) is 3.74. The van der Waals surface area contributed by atoms with Crippen molar-refractivity contribution in [3.05, 3.63) is 29.3 Å². The van der Waals surface area contributed by atoms with Gasteiger partial charge in [0.2, 0.25) is 0 Å². The van der Waals surface area contributed by atoms with Crippen molar-refractivity contribution in [2.75, 3.05) is 6.54 Å². The van der Waals surface area contributed by atoms with Crippen LogP contribution >= 0.6 is 0 Å². The first-order valence-corrected chi connectivity index (χ1v) is 7.32. The molecule has 3 rings (SSSR count). The number of phenols is 1. The molecule has 5 heteroatoms. The Kier molecular flexibility index (Phi) is 3.35. The van der Waals surface area contributed by atoms with E-state index in [-0.39, 0.29) is 17.6 Å². The summed E-state index contributed by atoms with van der Waals surface area (Å²) in [6, 6.07) is 4.01. The Labute approximate surface area is 123 Å². The third kappa shape index (κ3) is 2.26. The molecule has 1 aliphatic heterocycles. The van der Waals surface area contributed by atoms with Crippen molar-refractivity contribution < 1.29 is 19.8 Å². The Morgan fingerprint density at radius 1 is 1.29 bits per heavy atom. The SMILES string of the molecule is Cc1ccc(C(=O)N2CC3CCCC3C2C(=O)O)cc1O. The molecule has 5 nitrogen and oxygen atoms in total. The molecule has 3 atom stereocenters. The minimum absolute atomic E-state index is 0.0621. The van der Waals surface area contributed by atoms with Gasteiger partial charge in [-0.1, -0.05) is 12.5 Å². The number of carboxylic acid groups (broad SMARTS) is 1. The second kappa shape index (κ2) is 5.06. The number of fused-ring (bicyclic) bond motifs is 1. The maximum Gasteiger partial charge on any atom is 0.326 e. The van der Waals surface area contributed by atoms with Crippen LogP contribution in [0, 0.1) is 18.8 Å². The quantitative estimate of drug-likeness (QED) is 0.873. The van der Waals surface area contributed by atoms with Gasteiger partial charge in [-0.3, -0.25) is 4.79 Å². The predicted octanol–water partition coefficient (Wildman–Crippen LogP) is 2.03. The van der Waals surface area contributed by atoms with E-state index >= 15 is 0 Å². The summed E-state index contributed by atoms with van der Waals surface area (Å²) in [7, 11) is 0. The monoisotopic (exact) mass is 289 g/mol. The van der Waals surface area contributed by atoms with Gasteiger partial charge in [0.25, 0.3) is 5.91 Å². The van der Waals surface area contributed by atoms with Crippen LogP contribution in [-0.2, 0) is 4.79 Å². The molecule has 2 N–H and O–H groups in total. The standard InChI is InChI=1S/C16H19NO4/c1-9-5-6-10(7-13(9)18)15(19)17-8-11-3-2-4-12(11)14(17)16(20)21/h5-7,11-12,14,18H,2-4,8H2,1H3,(H,20,21). The molecule has 0 radical (unpaired) electrons. The number of carbonyl (C=O) groups is 2. The Balaban J connectivity index is 1.89. The number of carbonyl (C=O) groups excluding carboxylic acids is 1. The largest absolute Gasteiger partial charge is 0.508 e. The molecule has 21 heavy (non-hydrogen) atoms. The van der Waals surface area contributed by atoms with Crippen molar-refractivity contribution in [3.63, 3.8) is 0 Å². The molecule has 1 saturated heterocycles. The first kappa shape index (κ1) is 13.9. The van der Waals surface area contributed by atoms with Gasteiger partial charge in [-0.2, -0.15) is 0 Å². The van der Waals surface area contributed by atoms with Crippen LogP contribution in [0.25, 0.3) is 0 Å². The van der Waals surface area contributed by atoms with E-state index in [9.17, 15) is 19.8 Å². The maximum absolute atomic E-state index is 12.6. The average Bonchev–Trinajstić information content (AvgIpc) is 3.00. The molecule has 1 aliphatic carbocycles. The van der Waals surface area contributed by atoms with E-state index in [4.69, 9.17) is 0 Å². The highest BCUT2D eigenvalue weighted by Crippen LogP contribution is 2.42. The zero-order chi connectivity index (χ0) is 15.1. The summed E-state index contributed by atoms with van der Waals surface area (Å²) in [4.78, 5) is 25.6. The number of hydrogen-bond acceptors (Lipinski definition) is 3. The van der Waals surface area contributed by atoms with E-state index in [1.54, 1.807) is 19.1 Å². The molecule has 0 bridgehead atoms. The minimum atomic E-state index is -0.922. The molecule has 2 fully saturated rings. The van der Waals surface area contributed by atoms with Crippen LogP contribution in [0.2, 0.25) is 0 Å². The fraction of sp³-hybridized carbons (Fsp3) is 0.500. The average molecular weight is 289 g/mol. The first-order valence-electron chi connectivity index (χ1n) is 7.32. The summed E-state index contributed by atoms with van der Waals surface area (Å²) in [6.07, 6.45) is 2.92. The van der Waals surface area contributed by atoms with Gasteiger partial charge in [-0.25, -0.2) is 4.79 Å². The second-order valence-electron chi connectivity index (χ2n) is 6.10. The van der Waals surface area contributed by atoms with Gasteiger partial charge in [0.1, 0.15) is 11.8 Å². The van der Waals surface area contributed by atoms with Gasteiger partial charge in [-0.05, 0) is 49.3 Å². The highest BCUT2D eigenvalue weighted by Gasteiger charge is 2.49. The highest BCUT2D eigenvalue weighted by atomic mass is 16.4. The Morgan fingerprint density at radius 3 is 2.71 bits per heavy atom. The van der Waals surface area contributed by atoms with Crippen LogP contribution in [0.15, 0.2) is 18.2 Å². The highest BCUT2D eigenvalue weighted by molar-refractivity contribution is 5.97. The number of carboxylic acids is 1. The van der Waals surface area contributed by atoms with Gasteiger partial charge in [0.15, 0.2) is 0 Å². The number of phenolic OH excluding ortho intramolecular Hbond substituents is 1. The topological polar surface area (TPSA) is 77.8 Å². The van der Waals surface area contributed by atoms with Gasteiger partial charge < -0.3 is 15.1 Å². The summed E-state index contributed by atoms with van der Waals surface area (Å²) in [5.41, 5.74) is 1.05. The molecule has 0 aromatic heterocycles. The number of aliphatic carboxylic acids is 1. The molecular formula is C16H19NO4. The predicted molar refractivity (Wildman–Crippen MR) is 76.1 cm³/mol. The summed E-state index contributed by atoms with van der Waals surface area (Å²) < 4.78 is 0. The number of benzene rings is 1. The Hall–Kier alpha value is -2.04. The molecule has 1 amide bonds. The van der Waals surface area contributed by atoms with Gasteiger partial charge in [0.05, 0.1) is 0 Å². The lowest BCUT2D eigenvalue weighted by Crippen LogP contribution is -2.43. The zero-order valence-corrected chi connectivity index (χ0v) is 12.0. The van der Waals surface area contributed by atoms with E-state index in [0.717, 1.165) is 19.3 Å². The number of rotatable bonds is 2. The van der Waals surface area contributed by atoms with E-state index in [0.29, 0.717) is 23.6 Å². The summed E-state index contributed by atoms with van der Waals surface area (Å²) >= 11 is 0. The third-order valence-electron chi connectivity index (χ3n) is 4.86. The van der Waals surface area contributed by atoms with Crippen molar-refractivity contribution in [2.45, 2.75) is 32.2 Å². The molecule has 0 spiro atoms. The van der Waals surface area contributed by atoms with E-state index in [1.807, 2.05) is 0 Å². The van der Waals surface area contributed by atoms with E-state index in [2.05, 4.69) is 0 Å². The van der Waals surface area contributed by atoms with Crippen molar-refractivity contribution in [1.29, 1.82) is 0 Å². The smallest absolute Gasteiger partial charge is 0.326 e. The summed E-state index contributed by atoms with van der Waals surface area (Å²) in [6.45, 7) is 2.26. The number of hydrogen-bond donors (Lipinski definition) is 2. The number of likely N-dealkylation sites (tertiary alicyclic amines) is 1. The molecule has 1 saturated carbocycles. The minimum Gasteiger partial charge on any atom is -0.508 e. The van der Waals surface area contributed by atoms with Crippen LogP contribution in [0.5, 0.6) is 5.75 Å². The van der Waals surface area contributed by atoms with Crippen molar-refractivity contribution in [1.82, 2.24) is 4.90 Å². The molecule has 1 aromatic carbocycles. The number of nitrogens with zero attached hydrogens (tertiary/aromatic N) is 1. The van der Waals surface area contributed by atoms with Crippen molar-refractivity contribution in [2.24, 2.45) is 11.8 Å². The van der Waals surface area contributed by atoms with Crippen LogP contribution in [-0.4, -0.2) is 39.6 Å². The summed E-state index contributed by atoms with van der Waals surface area (Å²) in [5, 5.41) is 19.2. The van der Waals surface area contributed by atoms with Crippen LogP contribution in [0.3, 0.4) is 0 Å². The van der Waals surface area contributed by atoms with Gasteiger partial charge in [-0.15, -0.1) is 0 Å². The van der Waals surface area contributed by atoms with Crippen LogP contribution in [0.1, 0.15) is 35.2 Å². The van der Waals surface area contributed by atoms with E-state index in [1.165, 1.54) is 11.0 Å². The van der Waals surface area contributed by atoms with E-state index < -0.39 is 12.0 Å². The van der Waals surface area contributed by atoms with Crippen molar-refractivity contribution in [3.8, 4) is 5.75 Å². The number of amides is 1. The zero-order valence-electron chi connectivity index (χ0n) is 12.0. The first-order chi connectivity index (χ1) is 9.99. The van der Waals surface area contributed by atoms with Crippen LogP contribution < -0.4 is 0 Å². The maximum atomic E-state index is 12.6. The van der Waals surface area contributed by atoms with Gasteiger partial charge in [0, 0.05) is 12.1 Å². The lowest BCUT2D eigenvalue weighted by Gasteiger charge is -2.24.